The van der Waals surface area contributed by atoms with E-state index in [1.54, 1.807) is 12.1 Å². The smallest absolute Gasteiger partial charge is 0.337 e. The molecule has 7 heteroatoms. The largest absolute Gasteiger partial charge is 0.478 e. The van der Waals surface area contributed by atoms with E-state index in [1.807, 2.05) is 0 Å². The minimum atomic E-state index is -1.05. The number of ether oxygens (including phenoxy) is 1. The third kappa shape index (κ3) is 3.34. The number of rotatable bonds is 5. The lowest BCUT2D eigenvalue weighted by Crippen LogP contribution is -2.00. The highest BCUT2D eigenvalue weighted by molar-refractivity contribution is 5.87. The fourth-order valence-corrected chi connectivity index (χ4v) is 1.95. The lowest BCUT2D eigenvalue weighted by molar-refractivity contribution is 0.0696. The van der Waals surface area contributed by atoms with E-state index < -0.39 is 5.97 Å². The third-order valence-corrected chi connectivity index (χ3v) is 3.12. The molecule has 0 bridgehead atoms. The molecular formula is C16H11FN2O4. The van der Waals surface area contributed by atoms with Gasteiger partial charge in [-0.2, -0.15) is 0 Å². The first-order chi connectivity index (χ1) is 11.1. The normalized spacial score (nSPS) is 10.5. The molecule has 0 radical (unpaired) electrons. The number of aromatic nitrogens is 2. The predicted octanol–water partition coefficient (Wildman–Crippen LogP) is 3.15. The molecule has 6 nitrogen and oxygen atoms in total. The van der Waals surface area contributed by atoms with E-state index in [2.05, 4.69) is 10.1 Å². The Balaban J connectivity index is 1.73. The van der Waals surface area contributed by atoms with Crippen molar-refractivity contribution in [3.8, 4) is 17.1 Å². The van der Waals surface area contributed by atoms with Crippen molar-refractivity contribution in [3.05, 3.63) is 65.8 Å². The maximum Gasteiger partial charge on any atom is 0.337 e. The van der Waals surface area contributed by atoms with Crippen molar-refractivity contribution in [2.75, 3.05) is 0 Å². The zero-order valence-corrected chi connectivity index (χ0v) is 11.8. The summed E-state index contributed by atoms with van der Waals surface area (Å²) in [6.07, 6.45) is 2.65. The molecule has 23 heavy (non-hydrogen) atoms. The molecule has 0 saturated carbocycles. The SMILES string of the molecule is O=C(O)c1ccc(OCc2conc2-c2ccc(F)cc2)nc1. The maximum absolute atomic E-state index is 13.0. The van der Waals surface area contributed by atoms with Crippen LogP contribution in [-0.2, 0) is 6.61 Å². The maximum atomic E-state index is 13.0. The number of aromatic carboxylic acids is 1. The summed E-state index contributed by atoms with van der Waals surface area (Å²) in [4.78, 5) is 14.7. The van der Waals surface area contributed by atoms with Crippen LogP contribution in [-0.4, -0.2) is 21.2 Å². The van der Waals surface area contributed by atoms with Gasteiger partial charge in [0.1, 0.15) is 24.4 Å². The molecule has 0 aliphatic carbocycles. The van der Waals surface area contributed by atoms with Gasteiger partial charge in [-0.1, -0.05) is 5.16 Å². The van der Waals surface area contributed by atoms with Gasteiger partial charge in [-0.15, -0.1) is 0 Å². The van der Waals surface area contributed by atoms with Gasteiger partial charge in [-0.3, -0.25) is 0 Å². The van der Waals surface area contributed by atoms with Gasteiger partial charge in [-0.05, 0) is 30.3 Å². The Hall–Kier alpha value is -3.22. The quantitative estimate of drug-likeness (QED) is 0.778. The first-order valence-electron chi connectivity index (χ1n) is 6.65. The molecule has 1 N–H and O–H groups in total. The summed E-state index contributed by atoms with van der Waals surface area (Å²) < 4.78 is 23.4. The van der Waals surface area contributed by atoms with E-state index in [1.165, 1.54) is 36.7 Å². The van der Waals surface area contributed by atoms with E-state index in [0.29, 0.717) is 16.8 Å². The number of benzene rings is 1. The molecule has 0 atom stereocenters. The summed E-state index contributed by atoms with van der Waals surface area (Å²) in [5.74, 6) is -1.11. The minimum Gasteiger partial charge on any atom is -0.478 e. The van der Waals surface area contributed by atoms with Crippen LogP contribution < -0.4 is 4.74 Å². The van der Waals surface area contributed by atoms with Crippen LogP contribution in [0.25, 0.3) is 11.3 Å². The van der Waals surface area contributed by atoms with Crippen LogP contribution in [0.5, 0.6) is 5.88 Å². The molecule has 116 valence electrons. The summed E-state index contributed by atoms with van der Waals surface area (Å²) in [6.45, 7) is 0.135. The highest BCUT2D eigenvalue weighted by Crippen LogP contribution is 2.23. The molecule has 0 amide bonds. The lowest BCUT2D eigenvalue weighted by atomic mass is 10.1. The van der Waals surface area contributed by atoms with Gasteiger partial charge in [-0.25, -0.2) is 14.2 Å². The van der Waals surface area contributed by atoms with Crippen LogP contribution >= 0.6 is 0 Å². The Kier molecular flexibility index (Phi) is 4.01. The molecule has 0 aliphatic rings. The average molecular weight is 314 g/mol. The zero-order valence-electron chi connectivity index (χ0n) is 11.8. The Morgan fingerprint density at radius 1 is 1.22 bits per heavy atom. The fourth-order valence-electron chi connectivity index (χ4n) is 1.95. The topological polar surface area (TPSA) is 85.5 Å². The third-order valence-electron chi connectivity index (χ3n) is 3.12. The van der Waals surface area contributed by atoms with Crippen molar-refractivity contribution in [3.63, 3.8) is 0 Å². The van der Waals surface area contributed by atoms with Crippen molar-refractivity contribution in [2.24, 2.45) is 0 Å². The van der Waals surface area contributed by atoms with Gasteiger partial charge in [0.25, 0.3) is 0 Å². The molecule has 0 saturated heterocycles. The van der Waals surface area contributed by atoms with Gasteiger partial charge in [0.2, 0.25) is 5.88 Å². The standard InChI is InChI=1S/C16H11FN2O4/c17-13-4-1-10(2-5-13)15-12(9-23-19-15)8-22-14-6-3-11(7-18-14)16(20)21/h1-7,9H,8H2,(H,20,21). The van der Waals surface area contributed by atoms with Gasteiger partial charge < -0.3 is 14.4 Å². The summed E-state index contributed by atoms with van der Waals surface area (Å²) in [6, 6.07) is 8.72. The van der Waals surface area contributed by atoms with E-state index in [-0.39, 0.29) is 23.9 Å². The second kappa shape index (κ2) is 6.27. The predicted molar refractivity (Wildman–Crippen MR) is 77.4 cm³/mol. The number of halogens is 1. The molecule has 0 fully saturated rings. The molecule has 3 aromatic rings. The second-order valence-corrected chi connectivity index (χ2v) is 4.67. The van der Waals surface area contributed by atoms with E-state index in [4.69, 9.17) is 14.4 Å². The molecule has 0 unspecified atom stereocenters. The van der Waals surface area contributed by atoms with Crippen molar-refractivity contribution >= 4 is 5.97 Å². The lowest BCUT2D eigenvalue weighted by Gasteiger charge is -2.05. The highest BCUT2D eigenvalue weighted by Gasteiger charge is 2.12. The number of carboxylic acid groups (broad SMARTS) is 1. The Labute approximate surface area is 130 Å². The van der Waals surface area contributed by atoms with Crippen LogP contribution in [0.4, 0.5) is 4.39 Å². The Bertz CT molecular complexity index is 813. The summed E-state index contributed by atoms with van der Waals surface area (Å²) in [5.41, 5.74) is 2.00. The number of carbonyl (C=O) groups is 1. The van der Waals surface area contributed by atoms with Gasteiger partial charge in [0, 0.05) is 17.8 Å². The molecule has 2 heterocycles. The first kappa shape index (κ1) is 14.7. The number of hydrogen-bond acceptors (Lipinski definition) is 5. The Morgan fingerprint density at radius 3 is 2.65 bits per heavy atom. The van der Waals surface area contributed by atoms with Gasteiger partial charge >= 0.3 is 5.97 Å². The van der Waals surface area contributed by atoms with Crippen LogP contribution in [0.15, 0.2) is 53.4 Å². The van der Waals surface area contributed by atoms with Gasteiger partial charge in [0.15, 0.2) is 0 Å². The number of pyridine rings is 1. The van der Waals surface area contributed by atoms with Crippen LogP contribution in [0.2, 0.25) is 0 Å². The number of nitrogens with zero attached hydrogens (tertiary/aromatic N) is 2. The Morgan fingerprint density at radius 2 is 2.00 bits per heavy atom. The molecule has 3 rings (SSSR count). The minimum absolute atomic E-state index is 0.0781. The van der Waals surface area contributed by atoms with Crippen molar-refractivity contribution in [1.29, 1.82) is 0 Å². The zero-order chi connectivity index (χ0) is 16.2. The van der Waals surface area contributed by atoms with E-state index in [0.717, 1.165) is 0 Å². The van der Waals surface area contributed by atoms with Gasteiger partial charge in [0.05, 0.1) is 11.1 Å². The summed E-state index contributed by atoms with van der Waals surface area (Å²) in [7, 11) is 0. The van der Waals surface area contributed by atoms with E-state index in [9.17, 15) is 9.18 Å². The molecule has 2 aromatic heterocycles. The molecule has 0 aliphatic heterocycles. The first-order valence-corrected chi connectivity index (χ1v) is 6.65. The van der Waals surface area contributed by atoms with Crippen molar-refractivity contribution in [2.45, 2.75) is 6.61 Å². The summed E-state index contributed by atoms with van der Waals surface area (Å²) in [5, 5.41) is 12.7. The molecule has 0 spiro atoms. The molecular weight excluding hydrogens is 303 g/mol. The number of carboxylic acids is 1. The van der Waals surface area contributed by atoms with Crippen molar-refractivity contribution in [1.82, 2.24) is 10.1 Å². The van der Waals surface area contributed by atoms with Crippen LogP contribution in [0.3, 0.4) is 0 Å². The van der Waals surface area contributed by atoms with Crippen molar-refractivity contribution < 1.29 is 23.6 Å². The molecule has 1 aromatic carbocycles. The monoisotopic (exact) mass is 314 g/mol. The number of hydrogen-bond donors (Lipinski definition) is 1. The fraction of sp³-hybridized carbons (Fsp3) is 0.0625. The average Bonchev–Trinajstić information content (AvgIpc) is 3.02. The summed E-state index contributed by atoms with van der Waals surface area (Å²) >= 11 is 0. The highest BCUT2D eigenvalue weighted by atomic mass is 19.1. The second-order valence-electron chi connectivity index (χ2n) is 4.67. The van der Waals surface area contributed by atoms with E-state index >= 15 is 0 Å². The van der Waals surface area contributed by atoms with Crippen LogP contribution in [0.1, 0.15) is 15.9 Å². The van der Waals surface area contributed by atoms with Crippen LogP contribution in [0, 0.1) is 5.82 Å².